The van der Waals surface area contributed by atoms with Crippen LogP contribution < -0.4 is 9.64 Å². The normalized spacial score (nSPS) is 16.1. The molecule has 0 saturated heterocycles. The monoisotopic (exact) mass is 175 g/mol. The number of nitrogens with zero attached hydrogens (tertiary/aromatic N) is 1. The largest absolute Gasteiger partial charge is 0.491 e. The highest BCUT2D eigenvalue weighted by Crippen LogP contribution is 2.32. The number of para-hydroxylation sites is 2. The first-order valence-electron chi connectivity index (χ1n) is 4.42. The van der Waals surface area contributed by atoms with E-state index in [2.05, 4.69) is 11.5 Å². The average Bonchev–Trinajstić information content (AvgIpc) is 2.29. The van der Waals surface area contributed by atoms with E-state index < -0.39 is 0 Å². The molecule has 1 aliphatic rings. The summed E-state index contributed by atoms with van der Waals surface area (Å²) in [5, 5.41) is 0. The van der Waals surface area contributed by atoms with E-state index in [9.17, 15) is 0 Å². The van der Waals surface area contributed by atoms with Gasteiger partial charge in [-0.3, -0.25) is 0 Å². The second-order valence-electron chi connectivity index (χ2n) is 3.19. The number of anilines is 1. The molecule has 0 amide bonds. The molecule has 2 nitrogen and oxygen atoms in total. The van der Waals surface area contributed by atoms with Crippen LogP contribution in [0, 0.1) is 0 Å². The van der Waals surface area contributed by atoms with Crippen molar-refractivity contribution in [1.82, 2.24) is 0 Å². The van der Waals surface area contributed by atoms with Gasteiger partial charge in [-0.15, -0.1) is 0 Å². The second kappa shape index (κ2) is 3.13. The van der Waals surface area contributed by atoms with Crippen molar-refractivity contribution in [3.8, 4) is 5.75 Å². The lowest BCUT2D eigenvalue weighted by atomic mass is 10.2. The van der Waals surface area contributed by atoms with E-state index in [1.165, 1.54) is 0 Å². The Kier molecular flexibility index (Phi) is 1.97. The molecule has 2 heteroatoms. The van der Waals surface area contributed by atoms with Gasteiger partial charge in [0.25, 0.3) is 0 Å². The minimum Gasteiger partial charge on any atom is -0.491 e. The van der Waals surface area contributed by atoms with Crippen molar-refractivity contribution < 1.29 is 4.74 Å². The molecule has 68 valence electrons. The van der Waals surface area contributed by atoms with Gasteiger partial charge in [0, 0.05) is 19.2 Å². The molecule has 0 radical (unpaired) electrons. The molecule has 1 aliphatic heterocycles. The summed E-state index contributed by atoms with van der Waals surface area (Å²) in [6, 6.07) is 8.04. The molecular formula is C11H13NO. The smallest absolute Gasteiger partial charge is 0.142 e. The SMILES string of the molecule is C=C1CCOc2ccccc2N1C. The summed E-state index contributed by atoms with van der Waals surface area (Å²) in [6.07, 6.45) is 0.894. The lowest BCUT2D eigenvalue weighted by Gasteiger charge is -2.19. The predicted octanol–water partition coefficient (Wildman–Crippen LogP) is 2.42. The molecule has 0 fully saturated rings. The fraction of sp³-hybridized carbons (Fsp3) is 0.273. The maximum Gasteiger partial charge on any atom is 0.142 e. The zero-order valence-corrected chi connectivity index (χ0v) is 7.79. The van der Waals surface area contributed by atoms with Crippen LogP contribution in [0.1, 0.15) is 6.42 Å². The number of hydrogen-bond acceptors (Lipinski definition) is 2. The molecule has 0 spiro atoms. The quantitative estimate of drug-likeness (QED) is 0.600. The van der Waals surface area contributed by atoms with Crippen molar-refractivity contribution in [2.24, 2.45) is 0 Å². The zero-order chi connectivity index (χ0) is 9.26. The summed E-state index contributed by atoms with van der Waals surface area (Å²) < 4.78 is 5.59. The van der Waals surface area contributed by atoms with Gasteiger partial charge in [-0.1, -0.05) is 18.7 Å². The summed E-state index contributed by atoms with van der Waals surface area (Å²) in [7, 11) is 2.02. The molecule has 0 atom stereocenters. The summed E-state index contributed by atoms with van der Waals surface area (Å²) in [4.78, 5) is 2.09. The molecule has 13 heavy (non-hydrogen) atoms. The van der Waals surface area contributed by atoms with Gasteiger partial charge >= 0.3 is 0 Å². The molecule has 1 heterocycles. The first kappa shape index (κ1) is 8.17. The fourth-order valence-corrected chi connectivity index (χ4v) is 1.47. The Labute approximate surface area is 78.4 Å². The van der Waals surface area contributed by atoms with Crippen molar-refractivity contribution in [3.63, 3.8) is 0 Å². The van der Waals surface area contributed by atoms with Gasteiger partial charge in [-0.25, -0.2) is 0 Å². The minimum atomic E-state index is 0.722. The molecular weight excluding hydrogens is 162 g/mol. The minimum absolute atomic E-state index is 0.722. The first-order chi connectivity index (χ1) is 6.29. The summed E-state index contributed by atoms with van der Waals surface area (Å²) >= 11 is 0. The Bertz CT molecular complexity index is 333. The molecule has 1 aromatic carbocycles. The Morgan fingerprint density at radius 1 is 1.38 bits per heavy atom. The molecule has 0 aliphatic carbocycles. The van der Waals surface area contributed by atoms with Crippen LogP contribution in [0.15, 0.2) is 36.5 Å². The van der Waals surface area contributed by atoms with E-state index in [0.29, 0.717) is 0 Å². The standard InChI is InChI=1S/C11H13NO/c1-9-7-8-13-11-6-4-3-5-10(11)12(9)2/h3-6H,1,7-8H2,2H3. The van der Waals surface area contributed by atoms with Gasteiger partial charge in [0.1, 0.15) is 5.75 Å². The third kappa shape index (κ3) is 1.39. The summed E-state index contributed by atoms with van der Waals surface area (Å²) in [6.45, 7) is 4.72. The number of hydrogen-bond donors (Lipinski definition) is 0. The van der Waals surface area contributed by atoms with Crippen LogP contribution in [0.25, 0.3) is 0 Å². The summed E-state index contributed by atoms with van der Waals surface area (Å²) in [5.74, 6) is 0.948. The number of rotatable bonds is 0. The molecule has 0 saturated carbocycles. The van der Waals surface area contributed by atoms with Crippen molar-refractivity contribution >= 4 is 5.69 Å². The Morgan fingerprint density at radius 3 is 3.00 bits per heavy atom. The van der Waals surface area contributed by atoms with Crippen LogP contribution >= 0.6 is 0 Å². The van der Waals surface area contributed by atoms with Crippen molar-refractivity contribution in [3.05, 3.63) is 36.5 Å². The van der Waals surface area contributed by atoms with Crippen LogP contribution in [0.2, 0.25) is 0 Å². The third-order valence-corrected chi connectivity index (χ3v) is 2.35. The Hall–Kier alpha value is -1.44. The van der Waals surface area contributed by atoms with Crippen molar-refractivity contribution in [1.29, 1.82) is 0 Å². The van der Waals surface area contributed by atoms with E-state index in [0.717, 1.165) is 30.2 Å². The highest BCUT2D eigenvalue weighted by molar-refractivity contribution is 5.61. The zero-order valence-electron chi connectivity index (χ0n) is 7.79. The third-order valence-electron chi connectivity index (χ3n) is 2.35. The fourth-order valence-electron chi connectivity index (χ4n) is 1.47. The van der Waals surface area contributed by atoms with Gasteiger partial charge in [0.15, 0.2) is 0 Å². The topological polar surface area (TPSA) is 12.5 Å². The van der Waals surface area contributed by atoms with Crippen molar-refractivity contribution in [2.75, 3.05) is 18.6 Å². The molecule has 0 unspecified atom stereocenters. The van der Waals surface area contributed by atoms with Gasteiger partial charge in [-0.05, 0) is 12.1 Å². The molecule has 0 bridgehead atoms. The molecule has 1 aromatic rings. The van der Waals surface area contributed by atoms with Gasteiger partial charge < -0.3 is 9.64 Å². The first-order valence-corrected chi connectivity index (χ1v) is 4.42. The van der Waals surface area contributed by atoms with E-state index in [4.69, 9.17) is 4.74 Å². The Morgan fingerprint density at radius 2 is 2.15 bits per heavy atom. The van der Waals surface area contributed by atoms with Crippen LogP contribution in [0.4, 0.5) is 5.69 Å². The summed E-state index contributed by atoms with van der Waals surface area (Å²) in [5.41, 5.74) is 2.20. The lowest BCUT2D eigenvalue weighted by molar-refractivity contribution is 0.328. The van der Waals surface area contributed by atoms with Gasteiger partial charge in [0.2, 0.25) is 0 Å². The highest BCUT2D eigenvalue weighted by atomic mass is 16.5. The van der Waals surface area contributed by atoms with Crippen molar-refractivity contribution in [2.45, 2.75) is 6.42 Å². The molecule has 0 N–H and O–H groups in total. The van der Waals surface area contributed by atoms with E-state index in [-0.39, 0.29) is 0 Å². The highest BCUT2D eigenvalue weighted by Gasteiger charge is 2.14. The van der Waals surface area contributed by atoms with E-state index in [1.54, 1.807) is 0 Å². The van der Waals surface area contributed by atoms with Gasteiger partial charge in [0.05, 0.1) is 12.3 Å². The van der Waals surface area contributed by atoms with Crippen LogP contribution in [-0.2, 0) is 0 Å². The molecule has 2 rings (SSSR count). The lowest BCUT2D eigenvalue weighted by Crippen LogP contribution is -2.14. The van der Waals surface area contributed by atoms with Crippen LogP contribution in [0.5, 0.6) is 5.75 Å². The average molecular weight is 175 g/mol. The van der Waals surface area contributed by atoms with Crippen LogP contribution in [-0.4, -0.2) is 13.7 Å². The van der Waals surface area contributed by atoms with Gasteiger partial charge in [-0.2, -0.15) is 0 Å². The van der Waals surface area contributed by atoms with E-state index in [1.807, 2.05) is 31.3 Å². The predicted molar refractivity (Wildman–Crippen MR) is 54.1 cm³/mol. The number of ether oxygens (including phenoxy) is 1. The number of benzene rings is 1. The van der Waals surface area contributed by atoms with Crippen LogP contribution in [0.3, 0.4) is 0 Å². The maximum absolute atomic E-state index is 5.59. The molecule has 0 aromatic heterocycles. The number of fused-ring (bicyclic) bond motifs is 1. The Balaban J connectivity index is 2.46. The van der Waals surface area contributed by atoms with E-state index >= 15 is 0 Å². The second-order valence-corrected chi connectivity index (χ2v) is 3.19. The maximum atomic E-state index is 5.59.